The van der Waals surface area contributed by atoms with Crippen LogP contribution in [0, 0.1) is 0 Å². The highest BCUT2D eigenvalue weighted by Crippen LogP contribution is 2.03. The lowest BCUT2D eigenvalue weighted by Crippen LogP contribution is -2.11. The summed E-state index contributed by atoms with van der Waals surface area (Å²) in [4.78, 5) is 17.5. The molecule has 0 bridgehead atoms. The third kappa shape index (κ3) is 6.01. The number of hydrogen-bond donors (Lipinski definition) is 1. The fraction of sp³-hybridized carbons (Fsp3) is 0.368. The zero-order valence-electron chi connectivity index (χ0n) is 14.3. The first-order valence-corrected chi connectivity index (χ1v) is 8.20. The van der Waals surface area contributed by atoms with E-state index in [9.17, 15) is 5.11 Å². The van der Waals surface area contributed by atoms with Gasteiger partial charge in [-0.1, -0.05) is 12.1 Å². The largest absolute Gasteiger partial charge is 0.393 e. The monoisotopic (exact) mass is 324 g/mol. The van der Waals surface area contributed by atoms with E-state index in [1.807, 2.05) is 50.2 Å². The van der Waals surface area contributed by atoms with Crippen molar-refractivity contribution in [3.8, 4) is 0 Å². The lowest BCUT2D eigenvalue weighted by Gasteiger charge is -2.08. The standard InChI is InChI=1S/C19H24N4O/c1-15(18-7-3-5-11-22-18)20-13-9-17(24)10-14-21-16(2)19-8-4-6-12-23-19/h3-8,11-12,17,24H,9-10,13-14H2,1-2H3. The predicted octanol–water partition coefficient (Wildman–Crippen LogP) is 2.94. The van der Waals surface area contributed by atoms with Crippen LogP contribution >= 0.6 is 0 Å². The van der Waals surface area contributed by atoms with Crippen LogP contribution in [0.1, 0.15) is 38.1 Å². The summed E-state index contributed by atoms with van der Waals surface area (Å²) >= 11 is 0. The highest BCUT2D eigenvalue weighted by molar-refractivity contribution is 5.97. The lowest BCUT2D eigenvalue weighted by atomic mass is 10.2. The Bertz CT molecular complexity index is 609. The third-order valence-corrected chi connectivity index (χ3v) is 3.69. The first-order valence-electron chi connectivity index (χ1n) is 8.20. The number of rotatable bonds is 8. The summed E-state index contributed by atoms with van der Waals surface area (Å²) in [6.45, 7) is 5.06. The van der Waals surface area contributed by atoms with E-state index in [0.717, 1.165) is 22.8 Å². The number of aliphatic imine (C=N–C) groups is 2. The quantitative estimate of drug-likeness (QED) is 0.759. The summed E-state index contributed by atoms with van der Waals surface area (Å²) in [7, 11) is 0. The van der Waals surface area contributed by atoms with Crippen molar-refractivity contribution < 1.29 is 5.11 Å². The maximum atomic E-state index is 10.0. The molecular weight excluding hydrogens is 300 g/mol. The Hall–Kier alpha value is -2.40. The molecule has 5 nitrogen and oxygen atoms in total. The van der Waals surface area contributed by atoms with Gasteiger partial charge in [-0.2, -0.15) is 0 Å². The maximum Gasteiger partial charge on any atom is 0.0836 e. The maximum absolute atomic E-state index is 10.0. The topological polar surface area (TPSA) is 70.7 Å². The van der Waals surface area contributed by atoms with Gasteiger partial charge in [-0.25, -0.2) is 0 Å². The molecule has 0 atom stereocenters. The highest BCUT2D eigenvalue weighted by Gasteiger charge is 2.04. The van der Waals surface area contributed by atoms with E-state index in [4.69, 9.17) is 0 Å². The molecule has 0 unspecified atom stereocenters. The molecule has 0 amide bonds. The second kappa shape index (κ2) is 9.67. The average molecular weight is 324 g/mol. The van der Waals surface area contributed by atoms with Crippen LogP contribution in [0.4, 0.5) is 0 Å². The molecule has 2 aromatic heterocycles. The van der Waals surface area contributed by atoms with Gasteiger partial charge < -0.3 is 5.11 Å². The predicted molar refractivity (Wildman–Crippen MR) is 97.9 cm³/mol. The minimum Gasteiger partial charge on any atom is -0.393 e. The molecule has 0 spiro atoms. The molecule has 0 radical (unpaired) electrons. The van der Waals surface area contributed by atoms with Gasteiger partial charge in [0.05, 0.1) is 28.9 Å². The number of nitrogens with zero attached hydrogens (tertiary/aromatic N) is 4. The van der Waals surface area contributed by atoms with E-state index in [-0.39, 0.29) is 0 Å². The summed E-state index contributed by atoms with van der Waals surface area (Å²) in [6.07, 6.45) is 4.37. The van der Waals surface area contributed by atoms with E-state index in [2.05, 4.69) is 20.0 Å². The van der Waals surface area contributed by atoms with Crippen molar-refractivity contribution in [1.82, 2.24) is 9.97 Å². The molecule has 1 N–H and O–H groups in total. The van der Waals surface area contributed by atoms with Crippen LogP contribution < -0.4 is 0 Å². The van der Waals surface area contributed by atoms with E-state index < -0.39 is 6.10 Å². The molecule has 0 aliphatic heterocycles. The van der Waals surface area contributed by atoms with Gasteiger partial charge in [0.25, 0.3) is 0 Å². The lowest BCUT2D eigenvalue weighted by molar-refractivity contribution is 0.160. The number of aromatic nitrogens is 2. The van der Waals surface area contributed by atoms with Gasteiger partial charge in [-0.15, -0.1) is 0 Å². The van der Waals surface area contributed by atoms with E-state index in [1.54, 1.807) is 12.4 Å². The molecule has 0 saturated heterocycles. The summed E-state index contributed by atoms with van der Waals surface area (Å²) < 4.78 is 0. The molecule has 0 aromatic carbocycles. The van der Waals surface area contributed by atoms with Crippen molar-refractivity contribution >= 4 is 11.4 Å². The Morgan fingerprint density at radius 1 is 0.875 bits per heavy atom. The van der Waals surface area contributed by atoms with Crippen LogP contribution in [-0.2, 0) is 0 Å². The van der Waals surface area contributed by atoms with Crippen molar-refractivity contribution in [2.45, 2.75) is 32.8 Å². The average Bonchev–Trinajstić information content (AvgIpc) is 2.63. The van der Waals surface area contributed by atoms with Crippen molar-refractivity contribution in [2.24, 2.45) is 9.98 Å². The molecule has 2 aromatic rings. The molecule has 0 aliphatic rings. The van der Waals surface area contributed by atoms with Gasteiger partial charge in [-0.3, -0.25) is 20.0 Å². The minimum absolute atomic E-state index is 0.398. The fourth-order valence-electron chi connectivity index (χ4n) is 2.22. The number of aliphatic hydroxyl groups excluding tert-OH is 1. The second-order valence-corrected chi connectivity index (χ2v) is 5.60. The molecule has 2 rings (SSSR count). The summed E-state index contributed by atoms with van der Waals surface area (Å²) in [5, 5.41) is 10.0. The highest BCUT2D eigenvalue weighted by atomic mass is 16.3. The van der Waals surface area contributed by atoms with E-state index in [0.29, 0.717) is 25.9 Å². The molecule has 126 valence electrons. The van der Waals surface area contributed by atoms with E-state index >= 15 is 0 Å². The normalized spacial score (nSPS) is 13.8. The van der Waals surface area contributed by atoms with Crippen LogP contribution in [0.5, 0.6) is 0 Å². The molecule has 0 aliphatic carbocycles. The van der Waals surface area contributed by atoms with Crippen molar-refractivity contribution in [2.75, 3.05) is 13.1 Å². The molecular formula is C19H24N4O. The Balaban J connectivity index is 1.73. The Morgan fingerprint density at radius 2 is 1.33 bits per heavy atom. The zero-order valence-corrected chi connectivity index (χ0v) is 14.3. The Labute approximate surface area is 143 Å². The van der Waals surface area contributed by atoms with Gasteiger partial charge in [0.2, 0.25) is 0 Å². The van der Waals surface area contributed by atoms with Crippen LogP contribution in [-0.4, -0.2) is 45.7 Å². The molecule has 24 heavy (non-hydrogen) atoms. The van der Waals surface area contributed by atoms with Crippen LogP contribution in [0.2, 0.25) is 0 Å². The van der Waals surface area contributed by atoms with E-state index in [1.165, 1.54) is 0 Å². The third-order valence-electron chi connectivity index (χ3n) is 3.69. The number of pyridine rings is 2. The Morgan fingerprint density at radius 3 is 1.71 bits per heavy atom. The van der Waals surface area contributed by atoms with Gasteiger partial charge in [0.1, 0.15) is 0 Å². The SMILES string of the molecule is CC(=NCCC(O)CCN=C(C)c1ccccn1)c1ccccn1. The molecule has 5 heteroatoms. The smallest absolute Gasteiger partial charge is 0.0836 e. The Kier molecular flexibility index (Phi) is 7.23. The van der Waals surface area contributed by atoms with Gasteiger partial charge in [0.15, 0.2) is 0 Å². The molecule has 0 fully saturated rings. The van der Waals surface area contributed by atoms with Gasteiger partial charge in [-0.05, 0) is 51.0 Å². The minimum atomic E-state index is -0.398. The fourth-order valence-corrected chi connectivity index (χ4v) is 2.22. The van der Waals surface area contributed by atoms with Crippen molar-refractivity contribution in [1.29, 1.82) is 0 Å². The molecule has 2 heterocycles. The molecule has 0 saturated carbocycles. The van der Waals surface area contributed by atoms with Crippen LogP contribution in [0.3, 0.4) is 0 Å². The number of hydrogen-bond acceptors (Lipinski definition) is 5. The number of aliphatic hydroxyl groups is 1. The summed E-state index contributed by atoms with van der Waals surface area (Å²) in [5.41, 5.74) is 3.55. The van der Waals surface area contributed by atoms with Crippen LogP contribution in [0.15, 0.2) is 58.8 Å². The van der Waals surface area contributed by atoms with Crippen molar-refractivity contribution in [3.63, 3.8) is 0 Å². The summed E-state index contributed by atoms with van der Waals surface area (Å²) in [6, 6.07) is 11.5. The van der Waals surface area contributed by atoms with Gasteiger partial charge in [0, 0.05) is 25.5 Å². The summed E-state index contributed by atoms with van der Waals surface area (Å²) in [5.74, 6) is 0. The van der Waals surface area contributed by atoms with Gasteiger partial charge >= 0.3 is 0 Å². The second-order valence-electron chi connectivity index (χ2n) is 5.60. The zero-order chi connectivity index (χ0) is 17.2. The van der Waals surface area contributed by atoms with Crippen molar-refractivity contribution in [3.05, 3.63) is 60.2 Å². The van der Waals surface area contributed by atoms with Crippen LogP contribution in [0.25, 0.3) is 0 Å². The first kappa shape index (κ1) is 17.9. The first-order chi connectivity index (χ1) is 11.7.